The molecule has 0 spiro atoms. The molecule has 0 saturated carbocycles. The van der Waals surface area contributed by atoms with Crippen LogP contribution in [0.4, 0.5) is 0 Å². The van der Waals surface area contributed by atoms with E-state index in [1.54, 1.807) is 19.2 Å². The molecular weight excluding hydrogens is 366 g/mol. The zero-order valence-electron chi connectivity index (χ0n) is 19.8. The molecule has 0 aliphatic carbocycles. The van der Waals surface area contributed by atoms with Crippen LogP contribution in [0.1, 0.15) is 110 Å². The van der Waals surface area contributed by atoms with Crippen LogP contribution in [0, 0.1) is 0 Å². The molecule has 0 atom stereocenters. The zero-order valence-corrected chi connectivity index (χ0v) is 19.8. The molecule has 170 valence electrons. The third-order valence-corrected chi connectivity index (χ3v) is 5.11. The molecule has 0 rings (SSSR count). The van der Waals surface area contributed by atoms with E-state index in [-0.39, 0.29) is 5.91 Å². The van der Waals surface area contributed by atoms with Gasteiger partial charge >= 0.3 is 0 Å². The smallest absolute Gasteiger partial charge is 0.250 e. The van der Waals surface area contributed by atoms with E-state index in [0.29, 0.717) is 5.57 Å². The normalized spacial score (nSPS) is 12.1. The number of hydrogen-bond donors (Lipinski definition) is 1. The third-order valence-electron chi connectivity index (χ3n) is 5.11. The van der Waals surface area contributed by atoms with Crippen molar-refractivity contribution in [3.8, 4) is 0 Å². The second-order valence-corrected chi connectivity index (χ2v) is 8.20. The van der Waals surface area contributed by atoms with Gasteiger partial charge in [-0.2, -0.15) is 0 Å². The first-order valence-corrected chi connectivity index (χ1v) is 12.3. The van der Waals surface area contributed by atoms with Crippen LogP contribution in [0.15, 0.2) is 60.9 Å². The Morgan fingerprint density at radius 3 is 1.60 bits per heavy atom. The predicted molar refractivity (Wildman–Crippen MR) is 134 cm³/mol. The van der Waals surface area contributed by atoms with Crippen molar-refractivity contribution < 1.29 is 4.79 Å². The SMILES string of the molecule is C=C(C)C(=O)NC=CC=CC=CC=CCCCCCCCCCCCCCCCC. The Labute approximate surface area is 187 Å². The van der Waals surface area contributed by atoms with Crippen molar-refractivity contribution in [1.29, 1.82) is 0 Å². The van der Waals surface area contributed by atoms with Gasteiger partial charge in [-0.25, -0.2) is 0 Å². The number of carbonyl (C=O) groups is 1. The van der Waals surface area contributed by atoms with Crippen LogP contribution >= 0.6 is 0 Å². The summed E-state index contributed by atoms with van der Waals surface area (Å²) in [7, 11) is 0. The molecule has 0 aromatic carbocycles. The van der Waals surface area contributed by atoms with Crippen LogP contribution in [0.2, 0.25) is 0 Å². The second kappa shape index (κ2) is 23.4. The van der Waals surface area contributed by atoms with Gasteiger partial charge in [-0.1, -0.05) is 133 Å². The highest BCUT2D eigenvalue weighted by Crippen LogP contribution is 2.13. The third kappa shape index (κ3) is 22.5. The largest absolute Gasteiger partial charge is 0.329 e. The Bertz CT molecular complexity index is 525. The van der Waals surface area contributed by atoms with Crippen molar-refractivity contribution in [2.24, 2.45) is 0 Å². The number of rotatable bonds is 20. The Balaban J connectivity index is 3.36. The monoisotopic (exact) mass is 413 g/mol. The molecule has 0 bridgehead atoms. The van der Waals surface area contributed by atoms with E-state index in [4.69, 9.17) is 0 Å². The van der Waals surface area contributed by atoms with Crippen molar-refractivity contribution in [3.63, 3.8) is 0 Å². The lowest BCUT2D eigenvalue weighted by molar-refractivity contribution is -0.116. The quantitative estimate of drug-likeness (QED) is 0.121. The van der Waals surface area contributed by atoms with Crippen LogP contribution in [0.25, 0.3) is 0 Å². The van der Waals surface area contributed by atoms with Gasteiger partial charge in [0, 0.05) is 11.8 Å². The highest BCUT2D eigenvalue weighted by molar-refractivity contribution is 5.92. The number of unbranched alkanes of at least 4 members (excludes halogenated alkanes) is 14. The van der Waals surface area contributed by atoms with Crippen LogP contribution in [0.3, 0.4) is 0 Å². The Morgan fingerprint density at radius 2 is 1.10 bits per heavy atom. The van der Waals surface area contributed by atoms with Crippen molar-refractivity contribution in [2.45, 2.75) is 110 Å². The fraction of sp³-hybridized carbons (Fsp3) is 0.607. The lowest BCUT2D eigenvalue weighted by Crippen LogP contribution is -2.16. The zero-order chi connectivity index (χ0) is 22.1. The molecule has 0 heterocycles. The summed E-state index contributed by atoms with van der Waals surface area (Å²) in [6.45, 7) is 7.55. The van der Waals surface area contributed by atoms with E-state index < -0.39 is 0 Å². The first-order chi connectivity index (χ1) is 14.7. The number of allylic oxidation sites excluding steroid dienone is 7. The second-order valence-electron chi connectivity index (χ2n) is 8.20. The van der Waals surface area contributed by atoms with Gasteiger partial charge in [0.1, 0.15) is 0 Å². The Hall–Kier alpha value is -1.83. The van der Waals surface area contributed by atoms with Crippen molar-refractivity contribution in [3.05, 3.63) is 60.9 Å². The molecular formula is C28H47NO. The highest BCUT2D eigenvalue weighted by atomic mass is 16.1. The van der Waals surface area contributed by atoms with Gasteiger partial charge in [0.25, 0.3) is 0 Å². The van der Waals surface area contributed by atoms with Gasteiger partial charge in [0.05, 0.1) is 0 Å². The van der Waals surface area contributed by atoms with Crippen molar-refractivity contribution >= 4 is 5.91 Å². The maximum absolute atomic E-state index is 11.3. The van der Waals surface area contributed by atoms with Crippen LogP contribution in [-0.4, -0.2) is 5.91 Å². The van der Waals surface area contributed by atoms with Gasteiger partial charge < -0.3 is 5.32 Å². The van der Waals surface area contributed by atoms with Crippen molar-refractivity contribution in [2.75, 3.05) is 0 Å². The highest BCUT2D eigenvalue weighted by Gasteiger charge is 1.95. The maximum Gasteiger partial charge on any atom is 0.250 e. The molecule has 0 aromatic rings. The molecule has 0 fully saturated rings. The minimum absolute atomic E-state index is 0.151. The van der Waals surface area contributed by atoms with E-state index >= 15 is 0 Å². The van der Waals surface area contributed by atoms with E-state index in [0.717, 1.165) is 0 Å². The van der Waals surface area contributed by atoms with Gasteiger partial charge in [-0.15, -0.1) is 0 Å². The average molecular weight is 414 g/mol. The summed E-state index contributed by atoms with van der Waals surface area (Å²) < 4.78 is 0. The molecule has 1 N–H and O–H groups in total. The summed E-state index contributed by atoms with van der Waals surface area (Å²) in [5, 5.41) is 2.64. The molecule has 1 amide bonds. The fourth-order valence-corrected chi connectivity index (χ4v) is 3.19. The average Bonchev–Trinajstić information content (AvgIpc) is 2.74. The van der Waals surface area contributed by atoms with E-state index in [1.165, 1.54) is 96.3 Å². The minimum Gasteiger partial charge on any atom is -0.329 e. The van der Waals surface area contributed by atoms with Gasteiger partial charge in [-0.3, -0.25) is 4.79 Å². The Morgan fingerprint density at radius 1 is 0.667 bits per heavy atom. The van der Waals surface area contributed by atoms with Crippen LogP contribution in [-0.2, 0) is 4.79 Å². The van der Waals surface area contributed by atoms with Crippen LogP contribution in [0.5, 0.6) is 0 Å². The topological polar surface area (TPSA) is 29.1 Å². The number of amides is 1. The van der Waals surface area contributed by atoms with Crippen LogP contribution < -0.4 is 5.32 Å². The summed E-state index contributed by atoms with van der Waals surface area (Å²) in [4.78, 5) is 11.3. The molecule has 0 unspecified atom stereocenters. The number of nitrogens with one attached hydrogen (secondary N) is 1. The summed E-state index contributed by atoms with van der Waals surface area (Å²) >= 11 is 0. The lowest BCUT2D eigenvalue weighted by atomic mass is 10.0. The molecule has 2 heteroatoms. The predicted octanol–water partition coefficient (Wildman–Crippen LogP) is 8.73. The van der Waals surface area contributed by atoms with Crippen molar-refractivity contribution in [1.82, 2.24) is 5.32 Å². The summed E-state index contributed by atoms with van der Waals surface area (Å²) in [5.41, 5.74) is 0.507. The number of carbonyl (C=O) groups excluding carboxylic acids is 1. The fourth-order valence-electron chi connectivity index (χ4n) is 3.19. The van der Waals surface area contributed by atoms with E-state index in [1.807, 2.05) is 24.3 Å². The molecule has 0 aliphatic heterocycles. The molecule has 30 heavy (non-hydrogen) atoms. The van der Waals surface area contributed by atoms with E-state index in [2.05, 4.69) is 31.0 Å². The summed E-state index contributed by atoms with van der Waals surface area (Å²) in [6.07, 6.45) is 36.5. The first-order valence-electron chi connectivity index (χ1n) is 12.3. The summed E-state index contributed by atoms with van der Waals surface area (Å²) in [6, 6.07) is 0. The van der Waals surface area contributed by atoms with E-state index in [9.17, 15) is 4.79 Å². The standard InChI is InChI=1S/C28H47NO/c1-4-5-6-7-8-9-10-11-12-13-14-15-16-17-18-19-20-21-22-23-24-25-26-29-28(30)27(2)3/h19-26H,2,4-18H2,1,3H3,(H,29,30). The van der Waals surface area contributed by atoms with Gasteiger partial charge in [0.15, 0.2) is 0 Å². The lowest BCUT2D eigenvalue weighted by Gasteiger charge is -2.02. The van der Waals surface area contributed by atoms with Gasteiger partial charge in [0.2, 0.25) is 5.91 Å². The minimum atomic E-state index is -0.151. The molecule has 0 radical (unpaired) electrons. The molecule has 0 aromatic heterocycles. The molecule has 2 nitrogen and oxygen atoms in total. The molecule has 0 saturated heterocycles. The molecule has 0 aliphatic rings. The first kappa shape index (κ1) is 28.2. The maximum atomic E-state index is 11.3. The number of hydrogen-bond acceptors (Lipinski definition) is 1. The summed E-state index contributed by atoms with van der Waals surface area (Å²) in [5.74, 6) is -0.151. The van der Waals surface area contributed by atoms with Gasteiger partial charge in [-0.05, 0) is 25.8 Å². The Kier molecular flexibility index (Phi) is 22.0.